The number of ether oxygens (including phenoxy) is 5. The summed E-state index contributed by atoms with van der Waals surface area (Å²) in [4.78, 5) is 13.2. The van der Waals surface area contributed by atoms with Crippen LogP contribution in [0.4, 0.5) is 0 Å². The Balaban J connectivity index is 2.35. The first-order valence-electron chi connectivity index (χ1n) is 9.94. The first-order valence-corrected chi connectivity index (χ1v) is 10.3. The fourth-order valence-corrected chi connectivity index (χ4v) is 3.72. The molecule has 1 aliphatic heterocycles. The number of rotatable bonds is 7. The zero-order chi connectivity index (χ0) is 24.1. The Kier molecular flexibility index (Phi) is 7.36. The minimum atomic E-state index is -0.915. The highest BCUT2D eigenvalue weighted by Crippen LogP contribution is 2.47. The van der Waals surface area contributed by atoms with Crippen molar-refractivity contribution in [2.24, 2.45) is 5.73 Å². The topological polar surface area (TPSA) is 113 Å². The Labute approximate surface area is 196 Å². The summed E-state index contributed by atoms with van der Waals surface area (Å²) in [6, 6.07) is 12.1. The third kappa shape index (κ3) is 4.54. The maximum Gasteiger partial charge on any atom is 0.338 e. The van der Waals surface area contributed by atoms with Gasteiger partial charge in [-0.05, 0) is 48.9 Å². The van der Waals surface area contributed by atoms with Crippen LogP contribution in [0.1, 0.15) is 24.0 Å². The smallest absolute Gasteiger partial charge is 0.338 e. The van der Waals surface area contributed by atoms with Crippen molar-refractivity contribution in [2.45, 2.75) is 12.8 Å². The monoisotopic (exact) mass is 470 g/mol. The van der Waals surface area contributed by atoms with E-state index in [-0.39, 0.29) is 29.4 Å². The van der Waals surface area contributed by atoms with E-state index in [1.165, 1.54) is 21.3 Å². The van der Waals surface area contributed by atoms with Gasteiger partial charge in [-0.3, -0.25) is 0 Å². The van der Waals surface area contributed by atoms with Gasteiger partial charge in [-0.2, -0.15) is 5.26 Å². The highest BCUT2D eigenvalue weighted by molar-refractivity contribution is 6.30. The van der Waals surface area contributed by atoms with Crippen molar-refractivity contribution in [2.75, 3.05) is 27.9 Å². The van der Waals surface area contributed by atoms with Crippen molar-refractivity contribution in [3.05, 3.63) is 69.6 Å². The standard InChI is InChI=1S/C24H23ClN2O6/c1-5-32-24(28)20-19(14-10-17(29-2)22(31-4)18(11-14)30-3)16(12-26)23(27)33-21(20)13-6-8-15(25)9-7-13/h6-11,19H,5,27H2,1-4H3/t19-/m0/s1. The molecule has 1 heterocycles. The number of methoxy groups -OCH3 is 3. The van der Waals surface area contributed by atoms with Gasteiger partial charge in [0.25, 0.3) is 0 Å². The summed E-state index contributed by atoms with van der Waals surface area (Å²) in [5, 5.41) is 10.4. The molecule has 2 aromatic carbocycles. The zero-order valence-corrected chi connectivity index (χ0v) is 19.4. The molecule has 33 heavy (non-hydrogen) atoms. The van der Waals surface area contributed by atoms with Crippen LogP contribution in [0.2, 0.25) is 5.02 Å². The molecule has 0 radical (unpaired) electrons. The van der Waals surface area contributed by atoms with Gasteiger partial charge in [0, 0.05) is 10.6 Å². The molecule has 172 valence electrons. The van der Waals surface area contributed by atoms with Crippen LogP contribution in [0, 0.1) is 11.3 Å². The molecule has 0 fully saturated rings. The molecular formula is C24H23ClN2O6. The van der Waals surface area contributed by atoms with Crippen LogP contribution in [0.3, 0.4) is 0 Å². The highest BCUT2D eigenvalue weighted by atomic mass is 35.5. The summed E-state index contributed by atoms with van der Waals surface area (Å²) in [5.41, 5.74) is 7.34. The van der Waals surface area contributed by atoms with Gasteiger partial charge in [-0.25, -0.2) is 4.79 Å². The molecule has 1 atom stereocenters. The van der Waals surface area contributed by atoms with Gasteiger partial charge >= 0.3 is 5.97 Å². The number of nitrogens with zero attached hydrogens (tertiary/aromatic N) is 1. The van der Waals surface area contributed by atoms with Crippen molar-refractivity contribution >= 4 is 23.3 Å². The van der Waals surface area contributed by atoms with Crippen LogP contribution < -0.4 is 19.9 Å². The fourth-order valence-electron chi connectivity index (χ4n) is 3.59. The molecule has 0 amide bonds. The van der Waals surface area contributed by atoms with Crippen LogP contribution in [-0.2, 0) is 14.3 Å². The Morgan fingerprint density at radius 2 is 1.73 bits per heavy atom. The maximum atomic E-state index is 13.2. The van der Waals surface area contributed by atoms with E-state index in [2.05, 4.69) is 6.07 Å². The number of hydrogen-bond donors (Lipinski definition) is 1. The van der Waals surface area contributed by atoms with E-state index in [1.54, 1.807) is 43.3 Å². The van der Waals surface area contributed by atoms with E-state index >= 15 is 0 Å². The number of nitrogens with two attached hydrogens (primary N) is 1. The predicted octanol–water partition coefficient (Wildman–Crippen LogP) is 4.15. The van der Waals surface area contributed by atoms with E-state index in [1.807, 2.05) is 0 Å². The van der Waals surface area contributed by atoms with Gasteiger partial charge in [-0.15, -0.1) is 0 Å². The number of halogens is 1. The van der Waals surface area contributed by atoms with Crippen molar-refractivity contribution in [1.82, 2.24) is 0 Å². The third-order valence-electron chi connectivity index (χ3n) is 5.04. The summed E-state index contributed by atoms with van der Waals surface area (Å²) in [6.45, 7) is 1.81. The van der Waals surface area contributed by atoms with Crippen LogP contribution in [0.5, 0.6) is 17.2 Å². The number of allylic oxidation sites excluding steroid dienone is 1. The minimum Gasteiger partial charge on any atom is -0.493 e. The van der Waals surface area contributed by atoms with Gasteiger partial charge in [-0.1, -0.05) is 11.6 Å². The number of carbonyl (C=O) groups is 1. The second-order valence-electron chi connectivity index (χ2n) is 6.85. The van der Waals surface area contributed by atoms with Gasteiger partial charge < -0.3 is 29.4 Å². The first kappa shape index (κ1) is 23.8. The summed E-state index contributed by atoms with van der Waals surface area (Å²) in [6.07, 6.45) is 0. The molecule has 8 nitrogen and oxygen atoms in total. The lowest BCUT2D eigenvalue weighted by molar-refractivity contribution is -0.138. The van der Waals surface area contributed by atoms with Crippen LogP contribution in [0.25, 0.3) is 5.76 Å². The number of benzene rings is 2. The Bertz CT molecular complexity index is 1140. The lowest BCUT2D eigenvalue weighted by Gasteiger charge is -2.29. The quantitative estimate of drug-likeness (QED) is 0.600. The second kappa shape index (κ2) is 10.2. The van der Waals surface area contributed by atoms with Crippen LogP contribution in [0.15, 0.2) is 53.4 Å². The molecule has 2 aromatic rings. The molecule has 9 heteroatoms. The number of esters is 1. The fraction of sp³-hybridized carbons (Fsp3) is 0.250. The number of hydrogen-bond acceptors (Lipinski definition) is 8. The molecule has 2 N–H and O–H groups in total. The SMILES string of the molecule is CCOC(=O)C1=C(c2ccc(Cl)cc2)OC(N)=C(C#N)[C@@H]1c1cc(OC)c(OC)c(OC)c1. The number of carbonyl (C=O) groups excluding carboxylic acids is 1. The molecule has 0 aromatic heterocycles. The van der Waals surface area contributed by atoms with Gasteiger partial charge in [0.05, 0.1) is 39.4 Å². The molecule has 0 saturated carbocycles. The summed E-state index contributed by atoms with van der Waals surface area (Å²) < 4.78 is 27.4. The van der Waals surface area contributed by atoms with Crippen molar-refractivity contribution in [3.63, 3.8) is 0 Å². The predicted molar refractivity (Wildman–Crippen MR) is 122 cm³/mol. The second-order valence-corrected chi connectivity index (χ2v) is 7.29. The minimum absolute atomic E-state index is 0.0463. The normalized spacial score (nSPS) is 15.5. The largest absolute Gasteiger partial charge is 0.493 e. The Morgan fingerprint density at radius 1 is 1.12 bits per heavy atom. The summed E-state index contributed by atoms with van der Waals surface area (Å²) in [5.74, 6) is -0.458. The molecule has 1 aliphatic rings. The molecular weight excluding hydrogens is 448 g/mol. The molecule has 3 rings (SSSR count). The van der Waals surface area contributed by atoms with E-state index in [0.717, 1.165) is 0 Å². The highest BCUT2D eigenvalue weighted by Gasteiger charge is 2.39. The average molecular weight is 471 g/mol. The molecule has 0 saturated heterocycles. The maximum absolute atomic E-state index is 13.2. The van der Waals surface area contributed by atoms with E-state index in [9.17, 15) is 10.1 Å². The van der Waals surface area contributed by atoms with Gasteiger partial charge in [0.15, 0.2) is 11.5 Å². The van der Waals surface area contributed by atoms with Crippen LogP contribution >= 0.6 is 11.6 Å². The van der Waals surface area contributed by atoms with Gasteiger partial charge in [0.1, 0.15) is 17.4 Å². The van der Waals surface area contributed by atoms with Crippen molar-refractivity contribution in [3.8, 4) is 23.3 Å². The van der Waals surface area contributed by atoms with Crippen LogP contribution in [-0.4, -0.2) is 33.9 Å². The number of nitriles is 1. The lowest BCUT2D eigenvalue weighted by Crippen LogP contribution is -2.26. The molecule has 0 unspecified atom stereocenters. The molecule has 0 aliphatic carbocycles. The molecule has 0 spiro atoms. The zero-order valence-electron chi connectivity index (χ0n) is 18.6. The summed E-state index contributed by atoms with van der Waals surface area (Å²) in [7, 11) is 4.43. The van der Waals surface area contributed by atoms with E-state index in [0.29, 0.717) is 33.4 Å². The Hall–Kier alpha value is -3.83. The molecule has 0 bridgehead atoms. The van der Waals surface area contributed by atoms with E-state index in [4.69, 9.17) is 41.0 Å². The third-order valence-corrected chi connectivity index (χ3v) is 5.29. The van der Waals surface area contributed by atoms with E-state index < -0.39 is 11.9 Å². The van der Waals surface area contributed by atoms with Crippen molar-refractivity contribution < 1.29 is 28.5 Å². The first-order chi connectivity index (χ1) is 15.9. The average Bonchev–Trinajstić information content (AvgIpc) is 2.82. The van der Waals surface area contributed by atoms with Gasteiger partial charge in [0.2, 0.25) is 11.6 Å². The van der Waals surface area contributed by atoms with Crippen molar-refractivity contribution in [1.29, 1.82) is 5.26 Å². The Morgan fingerprint density at radius 3 is 2.21 bits per heavy atom. The lowest BCUT2D eigenvalue weighted by atomic mass is 9.81. The summed E-state index contributed by atoms with van der Waals surface area (Å²) >= 11 is 6.03.